The lowest BCUT2D eigenvalue weighted by atomic mass is 10.1. The van der Waals surface area contributed by atoms with Crippen LogP contribution in [-0.2, 0) is 10.0 Å². The smallest absolute Gasteiger partial charge is 0.241 e. The van der Waals surface area contributed by atoms with Gasteiger partial charge in [0.05, 0.1) is 11.0 Å². The van der Waals surface area contributed by atoms with E-state index in [0.717, 1.165) is 5.56 Å². The van der Waals surface area contributed by atoms with Gasteiger partial charge >= 0.3 is 0 Å². The maximum atomic E-state index is 12.1. The Morgan fingerprint density at radius 2 is 2.05 bits per heavy atom. The zero-order chi connectivity index (χ0) is 14.6. The zero-order valence-corrected chi connectivity index (χ0v) is 13.7. The van der Waals surface area contributed by atoms with Crippen LogP contribution in [0.15, 0.2) is 50.5 Å². The van der Waals surface area contributed by atoms with Gasteiger partial charge in [0.25, 0.3) is 0 Å². The molecule has 1 aromatic heterocycles. The van der Waals surface area contributed by atoms with Crippen molar-refractivity contribution in [2.45, 2.75) is 17.4 Å². The average Bonchev–Trinajstić information content (AvgIpc) is 2.92. The van der Waals surface area contributed by atoms with E-state index in [1.807, 2.05) is 16.8 Å². The Labute approximate surface area is 130 Å². The fourth-order valence-corrected chi connectivity index (χ4v) is 4.46. The van der Waals surface area contributed by atoms with Crippen molar-refractivity contribution in [3.63, 3.8) is 0 Å². The molecule has 0 saturated carbocycles. The maximum Gasteiger partial charge on any atom is 0.241 e. The predicted octanol–water partition coefficient (Wildman–Crippen LogP) is 2.91. The van der Waals surface area contributed by atoms with E-state index in [9.17, 15) is 13.5 Å². The number of benzene rings is 1. The third kappa shape index (κ3) is 3.89. The molecule has 4 nitrogen and oxygen atoms in total. The van der Waals surface area contributed by atoms with E-state index in [4.69, 9.17) is 0 Å². The molecule has 1 heterocycles. The van der Waals surface area contributed by atoms with Crippen molar-refractivity contribution in [2.24, 2.45) is 0 Å². The van der Waals surface area contributed by atoms with Gasteiger partial charge in [0.15, 0.2) is 0 Å². The molecule has 108 valence electrons. The van der Waals surface area contributed by atoms with Crippen molar-refractivity contribution >= 4 is 37.3 Å². The highest BCUT2D eigenvalue weighted by atomic mass is 79.9. The summed E-state index contributed by atoms with van der Waals surface area (Å²) in [6.45, 7) is 0.181. The summed E-state index contributed by atoms with van der Waals surface area (Å²) in [5, 5.41) is 13.6. The summed E-state index contributed by atoms with van der Waals surface area (Å²) in [4.78, 5) is 0.199. The van der Waals surface area contributed by atoms with Crippen LogP contribution in [-0.4, -0.2) is 20.1 Å². The molecule has 20 heavy (non-hydrogen) atoms. The Balaban J connectivity index is 1.95. The highest BCUT2D eigenvalue weighted by Crippen LogP contribution is 2.22. The quantitative estimate of drug-likeness (QED) is 0.815. The second-order valence-corrected chi connectivity index (χ2v) is 7.56. The molecular weight excluding hydrogens is 362 g/mol. The van der Waals surface area contributed by atoms with Crippen LogP contribution in [0.3, 0.4) is 0 Å². The van der Waals surface area contributed by atoms with Crippen molar-refractivity contribution in [3.05, 3.63) is 51.1 Å². The Kier molecular flexibility index (Phi) is 5.34. The third-order valence-electron chi connectivity index (χ3n) is 2.76. The molecule has 2 N–H and O–H groups in total. The monoisotopic (exact) mass is 375 g/mol. The lowest BCUT2D eigenvalue weighted by Gasteiger charge is -2.11. The number of aliphatic hydroxyl groups is 1. The summed E-state index contributed by atoms with van der Waals surface area (Å²) in [5.41, 5.74) is 0.815. The first kappa shape index (κ1) is 15.7. The van der Waals surface area contributed by atoms with Gasteiger partial charge in [-0.25, -0.2) is 13.1 Å². The normalized spacial score (nSPS) is 13.3. The van der Waals surface area contributed by atoms with Gasteiger partial charge < -0.3 is 5.11 Å². The lowest BCUT2D eigenvalue weighted by molar-refractivity contribution is 0.169. The van der Waals surface area contributed by atoms with Crippen LogP contribution in [0.25, 0.3) is 0 Å². The van der Waals surface area contributed by atoms with E-state index >= 15 is 0 Å². The number of sulfonamides is 1. The van der Waals surface area contributed by atoms with Gasteiger partial charge in [0.2, 0.25) is 10.0 Å². The van der Waals surface area contributed by atoms with Crippen molar-refractivity contribution in [1.82, 2.24) is 4.72 Å². The highest BCUT2D eigenvalue weighted by Gasteiger charge is 2.17. The Morgan fingerprint density at radius 1 is 1.30 bits per heavy atom. The number of aliphatic hydroxyl groups excluding tert-OH is 1. The Bertz CT molecular complexity index is 656. The van der Waals surface area contributed by atoms with Crippen molar-refractivity contribution in [1.29, 1.82) is 0 Å². The number of hydrogen-bond acceptors (Lipinski definition) is 4. The minimum Gasteiger partial charge on any atom is -0.388 e. The molecule has 0 fully saturated rings. The minimum absolute atomic E-state index is 0.181. The SMILES string of the molecule is O=S(=O)(NCCC(O)c1ccsc1)c1ccccc1Br. The molecule has 0 radical (unpaired) electrons. The van der Waals surface area contributed by atoms with Gasteiger partial charge in [0.1, 0.15) is 0 Å². The van der Waals surface area contributed by atoms with Crippen LogP contribution < -0.4 is 4.72 Å². The first-order valence-corrected chi connectivity index (χ1v) is 9.17. The topological polar surface area (TPSA) is 66.4 Å². The number of hydrogen-bond donors (Lipinski definition) is 2. The second-order valence-electron chi connectivity index (χ2n) is 4.19. The molecule has 0 amide bonds. The molecule has 0 aliphatic heterocycles. The second kappa shape index (κ2) is 6.82. The van der Waals surface area contributed by atoms with E-state index in [0.29, 0.717) is 10.9 Å². The molecule has 0 aliphatic rings. The molecule has 0 bridgehead atoms. The van der Waals surface area contributed by atoms with Crippen molar-refractivity contribution in [2.75, 3.05) is 6.54 Å². The number of halogens is 1. The molecule has 1 unspecified atom stereocenters. The zero-order valence-electron chi connectivity index (χ0n) is 10.5. The van der Waals surface area contributed by atoms with Crippen molar-refractivity contribution < 1.29 is 13.5 Å². The van der Waals surface area contributed by atoms with Gasteiger partial charge in [-0.2, -0.15) is 11.3 Å². The molecule has 1 aromatic carbocycles. The molecule has 0 saturated heterocycles. The largest absolute Gasteiger partial charge is 0.388 e. The van der Waals surface area contributed by atoms with Crippen LogP contribution in [0.5, 0.6) is 0 Å². The number of rotatable bonds is 6. The molecule has 7 heteroatoms. The predicted molar refractivity (Wildman–Crippen MR) is 83.2 cm³/mol. The number of thiophene rings is 1. The molecule has 0 spiro atoms. The first-order valence-electron chi connectivity index (χ1n) is 5.95. The van der Waals surface area contributed by atoms with Crippen LogP contribution >= 0.6 is 27.3 Å². The van der Waals surface area contributed by atoms with Crippen LogP contribution in [0.4, 0.5) is 0 Å². The minimum atomic E-state index is -3.56. The number of nitrogens with one attached hydrogen (secondary N) is 1. The van der Waals surface area contributed by atoms with Crippen LogP contribution in [0, 0.1) is 0 Å². The van der Waals surface area contributed by atoms with E-state index in [1.165, 1.54) is 17.4 Å². The van der Waals surface area contributed by atoms with Crippen LogP contribution in [0.2, 0.25) is 0 Å². The summed E-state index contributed by atoms with van der Waals surface area (Å²) in [5.74, 6) is 0. The van der Waals surface area contributed by atoms with E-state index in [2.05, 4.69) is 20.7 Å². The highest BCUT2D eigenvalue weighted by molar-refractivity contribution is 9.10. The van der Waals surface area contributed by atoms with E-state index in [-0.39, 0.29) is 11.4 Å². The van der Waals surface area contributed by atoms with Crippen LogP contribution in [0.1, 0.15) is 18.1 Å². The summed E-state index contributed by atoms with van der Waals surface area (Å²) >= 11 is 4.72. The molecule has 1 atom stereocenters. The maximum absolute atomic E-state index is 12.1. The third-order valence-corrected chi connectivity index (χ3v) is 5.94. The fraction of sp³-hybridized carbons (Fsp3) is 0.231. The molecule has 0 aliphatic carbocycles. The van der Waals surface area contributed by atoms with Crippen molar-refractivity contribution in [3.8, 4) is 0 Å². The summed E-state index contributed by atoms with van der Waals surface area (Å²) in [6, 6.07) is 8.46. The summed E-state index contributed by atoms with van der Waals surface area (Å²) in [6.07, 6.45) is -0.316. The van der Waals surface area contributed by atoms with E-state index < -0.39 is 16.1 Å². The molecule has 2 aromatic rings. The first-order chi connectivity index (χ1) is 9.50. The standard InChI is InChI=1S/C13H14BrNO3S2/c14-11-3-1-2-4-13(11)20(17,18)15-7-5-12(16)10-6-8-19-9-10/h1-4,6,8-9,12,15-16H,5,7H2. The molecule has 2 rings (SSSR count). The van der Waals surface area contributed by atoms with Gasteiger partial charge in [-0.1, -0.05) is 12.1 Å². The fourth-order valence-electron chi connectivity index (χ4n) is 1.70. The van der Waals surface area contributed by atoms with Gasteiger partial charge in [-0.15, -0.1) is 0 Å². The Morgan fingerprint density at radius 3 is 2.70 bits per heavy atom. The summed E-state index contributed by atoms with van der Waals surface area (Å²) in [7, 11) is -3.56. The van der Waals surface area contributed by atoms with E-state index in [1.54, 1.807) is 18.2 Å². The van der Waals surface area contributed by atoms with Gasteiger partial charge in [0, 0.05) is 11.0 Å². The molecular formula is C13H14BrNO3S2. The van der Waals surface area contributed by atoms with Gasteiger partial charge in [-0.05, 0) is 56.9 Å². The Hall–Kier alpha value is -0.730. The lowest BCUT2D eigenvalue weighted by Crippen LogP contribution is -2.26. The van der Waals surface area contributed by atoms with Gasteiger partial charge in [-0.3, -0.25) is 0 Å². The average molecular weight is 376 g/mol. The summed E-state index contributed by atoms with van der Waals surface area (Å²) < 4.78 is 27.2.